The van der Waals surface area contributed by atoms with E-state index < -0.39 is 39.7 Å². The normalized spacial score (nSPS) is 11.8. The summed E-state index contributed by atoms with van der Waals surface area (Å²) in [6.45, 7) is -0.191. The van der Waals surface area contributed by atoms with Crippen LogP contribution in [0.15, 0.2) is 12.1 Å². The van der Waals surface area contributed by atoms with Crippen molar-refractivity contribution in [3.05, 3.63) is 35.1 Å². The van der Waals surface area contributed by atoms with Crippen LogP contribution in [0.4, 0.5) is 13.2 Å². The Morgan fingerprint density at radius 1 is 1.32 bits per heavy atom. The van der Waals surface area contributed by atoms with Gasteiger partial charge in [-0.05, 0) is 12.1 Å². The third-order valence-corrected chi connectivity index (χ3v) is 2.88. The number of carbonyl (C=O) groups is 2. The number of alkyl halides is 1. The number of hydrogen-bond donors (Lipinski definition) is 1. The maximum absolute atomic E-state index is 13.3. The third kappa shape index (κ3) is 3.69. The number of carbonyl (C=O) groups excluding carboxylic acids is 2. The standard InChI is InChI=1S/C11H9BrF3NO3/c1-19-11(18)6(12)4-16-10(17)5-2-3-7(13)9(15)8(5)14/h2-3,6H,4H2,1H3,(H,16,17). The number of rotatable bonds is 4. The lowest BCUT2D eigenvalue weighted by molar-refractivity contribution is -0.139. The molecule has 1 rings (SSSR count). The SMILES string of the molecule is COC(=O)C(Br)CNC(=O)c1ccc(F)c(F)c1F. The van der Waals surface area contributed by atoms with Crippen LogP contribution < -0.4 is 5.32 Å². The lowest BCUT2D eigenvalue weighted by Gasteiger charge is -2.10. The number of amides is 1. The zero-order valence-electron chi connectivity index (χ0n) is 9.68. The Balaban J connectivity index is 2.75. The molecule has 0 aliphatic rings. The van der Waals surface area contributed by atoms with Crippen molar-refractivity contribution in [1.29, 1.82) is 0 Å². The van der Waals surface area contributed by atoms with Crippen molar-refractivity contribution >= 4 is 27.8 Å². The van der Waals surface area contributed by atoms with E-state index in [0.717, 1.165) is 13.2 Å². The third-order valence-electron chi connectivity index (χ3n) is 2.18. The highest BCUT2D eigenvalue weighted by molar-refractivity contribution is 9.10. The topological polar surface area (TPSA) is 55.4 Å². The van der Waals surface area contributed by atoms with Gasteiger partial charge in [0.1, 0.15) is 4.83 Å². The van der Waals surface area contributed by atoms with E-state index >= 15 is 0 Å². The lowest BCUT2D eigenvalue weighted by atomic mass is 10.2. The van der Waals surface area contributed by atoms with Crippen LogP contribution >= 0.6 is 15.9 Å². The number of ether oxygens (including phenoxy) is 1. The van der Waals surface area contributed by atoms with Crippen LogP contribution in [0.3, 0.4) is 0 Å². The second kappa shape index (κ2) is 6.55. The smallest absolute Gasteiger partial charge is 0.321 e. The highest BCUT2D eigenvalue weighted by Gasteiger charge is 2.21. The molecule has 104 valence electrons. The van der Waals surface area contributed by atoms with Gasteiger partial charge in [-0.1, -0.05) is 15.9 Å². The zero-order valence-corrected chi connectivity index (χ0v) is 11.3. The summed E-state index contributed by atoms with van der Waals surface area (Å²) in [6, 6.07) is 1.45. The van der Waals surface area contributed by atoms with Gasteiger partial charge in [-0.2, -0.15) is 0 Å². The number of nitrogens with one attached hydrogen (secondary N) is 1. The van der Waals surface area contributed by atoms with Crippen LogP contribution in [0, 0.1) is 17.5 Å². The Morgan fingerprint density at radius 3 is 2.53 bits per heavy atom. The van der Waals surface area contributed by atoms with E-state index in [1.807, 2.05) is 0 Å². The predicted molar refractivity (Wildman–Crippen MR) is 63.4 cm³/mol. The molecule has 0 heterocycles. The molecule has 1 amide bonds. The minimum Gasteiger partial charge on any atom is -0.468 e. The fraction of sp³-hybridized carbons (Fsp3) is 0.273. The van der Waals surface area contributed by atoms with Crippen molar-refractivity contribution in [2.24, 2.45) is 0 Å². The van der Waals surface area contributed by atoms with E-state index in [-0.39, 0.29) is 6.54 Å². The summed E-state index contributed by atoms with van der Waals surface area (Å²) < 4.78 is 43.3. The summed E-state index contributed by atoms with van der Waals surface area (Å²) in [4.78, 5) is 21.7. The van der Waals surface area contributed by atoms with E-state index in [0.29, 0.717) is 6.07 Å². The van der Waals surface area contributed by atoms with Crippen molar-refractivity contribution in [3.8, 4) is 0 Å². The van der Waals surface area contributed by atoms with Crippen molar-refractivity contribution in [3.63, 3.8) is 0 Å². The van der Waals surface area contributed by atoms with Gasteiger partial charge in [0.2, 0.25) is 0 Å². The molecule has 1 aromatic carbocycles. The summed E-state index contributed by atoms with van der Waals surface area (Å²) in [7, 11) is 1.16. The van der Waals surface area contributed by atoms with Crippen LogP contribution in [-0.2, 0) is 9.53 Å². The Hall–Kier alpha value is -1.57. The van der Waals surface area contributed by atoms with E-state index in [9.17, 15) is 22.8 Å². The molecule has 0 saturated carbocycles. The molecular weight excluding hydrogens is 331 g/mol. The highest BCUT2D eigenvalue weighted by atomic mass is 79.9. The zero-order chi connectivity index (χ0) is 14.6. The van der Waals surface area contributed by atoms with Crippen LogP contribution in [0.25, 0.3) is 0 Å². The molecule has 0 saturated heterocycles. The van der Waals surface area contributed by atoms with Crippen molar-refractivity contribution in [2.75, 3.05) is 13.7 Å². The average molecular weight is 340 g/mol. The van der Waals surface area contributed by atoms with E-state index in [1.54, 1.807) is 0 Å². The molecule has 0 fully saturated rings. The monoisotopic (exact) mass is 339 g/mol. The molecule has 0 radical (unpaired) electrons. The molecule has 8 heteroatoms. The van der Waals surface area contributed by atoms with Gasteiger partial charge in [-0.3, -0.25) is 9.59 Å². The Kier molecular flexibility index (Phi) is 5.34. The van der Waals surface area contributed by atoms with Gasteiger partial charge in [0, 0.05) is 6.54 Å². The Labute approximate surface area is 115 Å². The summed E-state index contributed by atoms with van der Waals surface area (Å²) >= 11 is 2.93. The molecule has 1 atom stereocenters. The van der Waals surface area contributed by atoms with Crippen molar-refractivity contribution in [1.82, 2.24) is 5.32 Å². The first kappa shape index (κ1) is 15.5. The maximum atomic E-state index is 13.3. The molecule has 0 bridgehead atoms. The van der Waals surface area contributed by atoms with Crippen LogP contribution in [-0.4, -0.2) is 30.4 Å². The molecule has 0 spiro atoms. The molecule has 1 aromatic rings. The predicted octanol–water partition coefficient (Wildman–Crippen LogP) is 1.77. The Bertz CT molecular complexity index is 510. The highest BCUT2D eigenvalue weighted by Crippen LogP contribution is 2.15. The second-order valence-corrected chi connectivity index (χ2v) is 4.53. The second-order valence-electron chi connectivity index (χ2n) is 3.42. The minimum absolute atomic E-state index is 0.191. The number of methoxy groups -OCH3 is 1. The molecular formula is C11H9BrF3NO3. The van der Waals surface area contributed by atoms with Gasteiger partial charge in [0.15, 0.2) is 17.5 Å². The van der Waals surface area contributed by atoms with Gasteiger partial charge in [0.25, 0.3) is 5.91 Å². The van der Waals surface area contributed by atoms with Crippen LogP contribution in [0.1, 0.15) is 10.4 Å². The number of esters is 1. The molecule has 4 nitrogen and oxygen atoms in total. The molecule has 0 aliphatic heterocycles. The largest absolute Gasteiger partial charge is 0.468 e. The van der Waals surface area contributed by atoms with E-state index in [4.69, 9.17) is 0 Å². The number of halogens is 4. The first-order chi connectivity index (χ1) is 8.88. The first-order valence-electron chi connectivity index (χ1n) is 5.02. The van der Waals surface area contributed by atoms with Crippen LogP contribution in [0.5, 0.6) is 0 Å². The summed E-state index contributed by atoms with van der Waals surface area (Å²) in [6.07, 6.45) is 0. The molecule has 1 N–H and O–H groups in total. The summed E-state index contributed by atoms with van der Waals surface area (Å²) in [5.74, 6) is -6.30. The average Bonchev–Trinajstić information content (AvgIpc) is 2.41. The van der Waals surface area contributed by atoms with Gasteiger partial charge in [-0.15, -0.1) is 0 Å². The van der Waals surface area contributed by atoms with Gasteiger partial charge >= 0.3 is 5.97 Å². The molecule has 0 aliphatic carbocycles. The van der Waals surface area contributed by atoms with Crippen molar-refractivity contribution < 1.29 is 27.5 Å². The molecule has 19 heavy (non-hydrogen) atoms. The maximum Gasteiger partial charge on any atom is 0.321 e. The van der Waals surface area contributed by atoms with Gasteiger partial charge in [-0.25, -0.2) is 13.2 Å². The van der Waals surface area contributed by atoms with Gasteiger partial charge < -0.3 is 10.1 Å². The summed E-state index contributed by atoms with van der Waals surface area (Å²) in [5.41, 5.74) is -0.650. The van der Waals surface area contributed by atoms with Crippen LogP contribution in [0.2, 0.25) is 0 Å². The van der Waals surface area contributed by atoms with Crippen molar-refractivity contribution in [2.45, 2.75) is 4.83 Å². The quantitative estimate of drug-likeness (QED) is 0.516. The van der Waals surface area contributed by atoms with E-state index in [2.05, 4.69) is 26.0 Å². The minimum atomic E-state index is -1.73. The number of hydrogen-bond acceptors (Lipinski definition) is 3. The molecule has 0 aromatic heterocycles. The molecule has 1 unspecified atom stereocenters. The lowest BCUT2D eigenvalue weighted by Crippen LogP contribution is -2.34. The summed E-state index contributed by atoms with van der Waals surface area (Å²) in [5, 5.41) is 2.19. The Morgan fingerprint density at radius 2 is 1.95 bits per heavy atom. The first-order valence-corrected chi connectivity index (χ1v) is 5.93. The van der Waals surface area contributed by atoms with Gasteiger partial charge in [0.05, 0.1) is 12.7 Å². The fourth-order valence-corrected chi connectivity index (χ4v) is 1.54. The fourth-order valence-electron chi connectivity index (χ4n) is 1.19. The van der Waals surface area contributed by atoms with E-state index in [1.165, 1.54) is 0 Å². The number of benzene rings is 1.